The van der Waals surface area contributed by atoms with Crippen LogP contribution < -0.4 is 5.32 Å². The number of nitrogens with zero attached hydrogens (tertiary/aromatic N) is 2. The zero-order valence-electron chi connectivity index (χ0n) is 4.79. The number of anilines is 1. The molecule has 0 aliphatic heterocycles. The quantitative estimate of drug-likeness (QED) is 0.577. The summed E-state index contributed by atoms with van der Waals surface area (Å²) in [6, 6.07) is 0. The lowest BCUT2D eigenvalue weighted by molar-refractivity contribution is -0.114. The molecule has 0 unspecified atom stereocenters. The normalized spacial score (nSPS) is 9.00. The highest BCUT2D eigenvalue weighted by Gasteiger charge is 1.96. The van der Waals surface area contributed by atoms with E-state index in [-0.39, 0.29) is 5.91 Å². The average molecular weight is 127 g/mol. The number of carbonyl (C=O) groups is 1. The zero-order valence-corrected chi connectivity index (χ0v) is 4.79. The Balaban J connectivity index is 2.58. The summed E-state index contributed by atoms with van der Waals surface area (Å²) in [6.45, 7) is 1.38. The van der Waals surface area contributed by atoms with Gasteiger partial charge < -0.3 is 5.32 Å². The van der Waals surface area contributed by atoms with Crippen LogP contribution in [0.25, 0.3) is 0 Å². The Hall–Kier alpha value is -1.39. The number of nitrogens with one attached hydrogen (secondary N) is 1. The van der Waals surface area contributed by atoms with Gasteiger partial charge in [-0.2, -0.15) is 0 Å². The minimum absolute atomic E-state index is 0.189. The molecule has 5 nitrogen and oxygen atoms in total. The maximum absolute atomic E-state index is 10.3. The fourth-order valence-electron chi connectivity index (χ4n) is 0.400. The maximum Gasteiger partial charge on any atom is 0.222 e. The van der Waals surface area contributed by atoms with Crippen LogP contribution in [0, 0.1) is 0 Å². The van der Waals surface area contributed by atoms with Crippen molar-refractivity contribution in [2.45, 2.75) is 6.92 Å². The van der Waals surface area contributed by atoms with E-state index in [9.17, 15) is 4.79 Å². The van der Waals surface area contributed by atoms with E-state index in [0.29, 0.717) is 5.82 Å². The fraction of sp³-hybridized carbons (Fsp3) is 0.250. The maximum atomic E-state index is 10.3. The van der Waals surface area contributed by atoms with Crippen molar-refractivity contribution in [2.24, 2.45) is 0 Å². The minimum atomic E-state index is -0.189. The van der Waals surface area contributed by atoms with Crippen LogP contribution in [0.5, 0.6) is 0 Å². The van der Waals surface area contributed by atoms with Gasteiger partial charge in [-0.15, -0.1) is 0 Å². The Morgan fingerprint density at radius 2 is 2.67 bits per heavy atom. The van der Waals surface area contributed by atoms with Gasteiger partial charge in [-0.3, -0.25) is 4.79 Å². The highest BCUT2D eigenvalue weighted by atomic mass is 16.6. The van der Waals surface area contributed by atoms with E-state index in [1.807, 2.05) is 0 Å². The molecule has 5 heteroatoms. The van der Waals surface area contributed by atoms with Gasteiger partial charge in [0.05, 0.1) is 0 Å². The Morgan fingerprint density at radius 3 is 3.11 bits per heavy atom. The third-order valence-electron chi connectivity index (χ3n) is 0.665. The first-order chi connectivity index (χ1) is 4.29. The predicted molar refractivity (Wildman–Crippen MR) is 28.6 cm³/mol. The van der Waals surface area contributed by atoms with Gasteiger partial charge in [0.25, 0.3) is 0 Å². The van der Waals surface area contributed by atoms with Crippen LogP contribution in [0.2, 0.25) is 0 Å². The molecule has 0 saturated heterocycles. The van der Waals surface area contributed by atoms with E-state index >= 15 is 0 Å². The van der Waals surface area contributed by atoms with Gasteiger partial charge in [-0.05, 0) is 5.16 Å². The van der Waals surface area contributed by atoms with E-state index in [0.717, 1.165) is 0 Å². The van der Waals surface area contributed by atoms with Crippen LogP contribution >= 0.6 is 0 Å². The average Bonchev–Trinajstić information content (AvgIpc) is 2.15. The lowest BCUT2D eigenvalue weighted by Gasteiger charge is -1.88. The van der Waals surface area contributed by atoms with Crippen LogP contribution in [0.1, 0.15) is 6.92 Å². The molecule has 1 amide bonds. The zero-order chi connectivity index (χ0) is 6.69. The van der Waals surface area contributed by atoms with E-state index in [1.165, 1.54) is 13.1 Å². The number of rotatable bonds is 1. The van der Waals surface area contributed by atoms with Gasteiger partial charge >= 0.3 is 0 Å². The van der Waals surface area contributed by atoms with Crippen LogP contribution in [0.3, 0.4) is 0 Å². The number of hydrogen-bond donors (Lipinski definition) is 1. The number of amides is 1. The first kappa shape index (κ1) is 5.74. The molecular formula is C4H5N3O2. The number of carbonyl (C=O) groups excluding carboxylic acids is 1. The van der Waals surface area contributed by atoms with Crippen molar-refractivity contribution in [3.05, 3.63) is 6.20 Å². The topological polar surface area (TPSA) is 68.0 Å². The second kappa shape index (κ2) is 2.25. The molecular weight excluding hydrogens is 122 g/mol. The lowest BCUT2D eigenvalue weighted by atomic mass is 10.6. The van der Waals surface area contributed by atoms with Crippen LogP contribution in [0.15, 0.2) is 10.8 Å². The summed E-state index contributed by atoms with van der Waals surface area (Å²) in [5.74, 6) is 0.146. The smallest absolute Gasteiger partial charge is 0.222 e. The summed E-state index contributed by atoms with van der Waals surface area (Å²) in [6.07, 6.45) is 1.32. The fourth-order valence-corrected chi connectivity index (χ4v) is 0.400. The molecule has 0 spiro atoms. The van der Waals surface area contributed by atoms with E-state index in [2.05, 4.69) is 20.3 Å². The summed E-state index contributed by atoms with van der Waals surface area (Å²) in [4.78, 5) is 10.3. The molecule has 1 rings (SSSR count). The van der Waals surface area contributed by atoms with Gasteiger partial charge in [-0.1, -0.05) is 5.16 Å². The lowest BCUT2D eigenvalue weighted by Crippen LogP contribution is -2.05. The summed E-state index contributed by atoms with van der Waals surface area (Å²) in [7, 11) is 0. The van der Waals surface area contributed by atoms with Crippen molar-refractivity contribution >= 4 is 11.7 Å². The Morgan fingerprint density at radius 1 is 1.89 bits per heavy atom. The van der Waals surface area contributed by atoms with Crippen molar-refractivity contribution in [2.75, 3.05) is 5.32 Å². The molecule has 9 heavy (non-hydrogen) atoms. The Labute approximate surface area is 51.0 Å². The largest absolute Gasteiger partial charge is 0.307 e. The standard InChI is InChI=1S/C4H5N3O2/c1-3(8)6-4-2-5-9-7-4/h2H,1H3,(H,6,7,8). The molecule has 0 aliphatic carbocycles. The van der Waals surface area contributed by atoms with Crippen LogP contribution in [-0.2, 0) is 4.79 Å². The number of aromatic nitrogens is 2. The number of hydrogen-bond acceptors (Lipinski definition) is 4. The molecule has 1 N–H and O–H groups in total. The van der Waals surface area contributed by atoms with Crippen LogP contribution in [-0.4, -0.2) is 16.2 Å². The van der Waals surface area contributed by atoms with Crippen molar-refractivity contribution in [1.82, 2.24) is 10.3 Å². The van der Waals surface area contributed by atoms with Crippen molar-refractivity contribution in [3.63, 3.8) is 0 Å². The molecule has 0 aliphatic rings. The van der Waals surface area contributed by atoms with Gasteiger partial charge in [0.2, 0.25) is 5.91 Å². The Bertz CT molecular complexity index is 194. The second-order valence-electron chi connectivity index (χ2n) is 1.47. The highest BCUT2D eigenvalue weighted by molar-refractivity contribution is 5.87. The molecule has 0 radical (unpaired) electrons. The summed E-state index contributed by atoms with van der Waals surface area (Å²) in [5, 5.41) is 8.99. The highest BCUT2D eigenvalue weighted by Crippen LogP contribution is 1.95. The molecule has 0 atom stereocenters. The van der Waals surface area contributed by atoms with Gasteiger partial charge in [0.1, 0.15) is 6.20 Å². The third kappa shape index (κ3) is 1.52. The molecule has 48 valence electrons. The molecule has 1 aromatic heterocycles. The van der Waals surface area contributed by atoms with E-state index in [1.54, 1.807) is 0 Å². The summed E-state index contributed by atoms with van der Waals surface area (Å²) in [5.41, 5.74) is 0. The minimum Gasteiger partial charge on any atom is -0.307 e. The monoisotopic (exact) mass is 127 g/mol. The Kier molecular flexibility index (Phi) is 1.44. The van der Waals surface area contributed by atoms with Crippen molar-refractivity contribution < 1.29 is 9.42 Å². The van der Waals surface area contributed by atoms with Gasteiger partial charge in [-0.25, -0.2) is 4.63 Å². The first-order valence-electron chi connectivity index (χ1n) is 2.34. The SMILES string of the molecule is CC(=O)Nc1cnon1. The molecule has 1 heterocycles. The van der Waals surface area contributed by atoms with Crippen molar-refractivity contribution in [1.29, 1.82) is 0 Å². The van der Waals surface area contributed by atoms with E-state index < -0.39 is 0 Å². The van der Waals surface area contributed by atoms with E-state index in [4.69, 9.17) is 0 Å². The first-order valence-corrected chi connectivity index (χ1v) is 2.34. The second-order valence-corrected chi connectivity index (χ2v) is 1.47. The molecule has 0 aromatic carbocycles. The molecule has 1 aromatic rings. The van der Waals surface area contributed by atoms with Crippen LogP contribution in [0.4, 0.5) is 5.82 Å². The summed E-state index contributed by atoms with van der Waals surface area (Å²) < 4.78 is 4.20. The molecule has 0 fully saturated rings. The molecule has 0 saturated carbocycles. The third-order valence-corrected chi connectivity index (χ3v) is 0.665. The van der Waals surface area contributed by atoms with Crippen molar-refractivity contribution in [3.8, 4) is 0 Å². The molecule has 0 bridgehead atoms. The summed E-state index contributed by atoms with van der Waals surface area (Å²) >= 11 is 0. The van der Waals surface area contributed by atoms with Gasteiger partial charge in [0.15, 0.2) is 5.82 Å². The predicted octanol–water partition coefficient (Wildman–Crippen LogP) is 0.0280. The van der Waals surface area contributed by atoms with Gasteiger partial charge in [0, 0.05) is 6.92 Å².